The number of fused-ring (bicyclic) bond motifs is 2. The minimum absolute atomic E-state index is 0.130. The Morgan fingerprint density at radius 3 is 2.39 bits per heavy atom. The molecule has 11 heteroatoms. The van der Waals surface area contributed by atoms with E-state index in [-0.39, 0.29) is 24.4 Å². The maximum atomic E-state index is 13.5. The van der Waals surface area contributed by atoms with Gasteiger partial charge in [-0.1, -0.05) is 12.1 Å². The Hall–Kier alpha value is -4.35. The Morgan fingerprint density at radius 1 is 0.921 bits per heavy atom. The molecule has 0 bridgehead atoms. The first-order valence-corrected chi connectivity index (χ1v) is 12.3. The largest absolute Gasteiger partial charge is 0.493 e. The summed E-state index contributed by atoms with van der Waals surface area (Å²) >= 11 is 1.08. The first kappa shape index (κ1) is 24.0. The molecule has 38 heavy (non-hydrogen) atoms. The van der Waals surface area contributed by atoms with Gasteiger partial charge in [-0.05, 0) is 47.5 Å². The van der Waals surface area contributed by atoms with Crippen LogP contribution >= 0.6 is 11.7 Å². The third-order valence-electron chi connectivity index (χ3n) is 6.57. The lowest BCUT2D eigenvalue weighted by atomic mass is 9.87. The molecule has 10 nitrogen and oxygen atoms in total. The van der Waals surface area contributed by atoms with Crippen molar-refractivity contribution >= 4 is 34.3 Å². The van der Waals surface area contributed by atoms with Crippen LogP contribution in [0.1, 0.15) is 16.7 Å². The Balaban J connectivity index is 1.55. The third-order valence-corrected chi connectivity index (χ3v) is 7.13. The summed E-state index contributed by atoms with van der Waals surface area (Å²) in [6.07, 6.45) is 0.165. The monoisotopic (exact) mass is 534 g/mol. The molecule has 1 unspecified atom stereocenters. The second-order valence-electron chi connectivity index (χ2n) is 8.63. The van der Waals surface area contributed by atoms with Gasteiger partial charge < -0.3 is 33.5 Å². The van der Waals surface area contributed by atoms with Gasteiger partial charge in [0.25, 0.3) is 5.79 Å². The fourth-order valence-electron chi connectivity index (χ4n) is 4.74. The van der Waals surface area contributed by atoms with E-state index in [0.717, 1.165) is 17.3 Å². The Bertz CT molecular complexity index is 1590. The summed E-state index contributed by atoms with van der Waals surface area (Å²) in [5, 5.41) is 12.1. The van der Waals surface area contributed by atoms with Crippen molar-refractivity contribution in [2.24, 2.45) is 0 Å². The normalized spacial score (nSPS) is 18.2. The van der Waals surface area contributed by atoms with Crippen LogP contribution < -0.4 is 23.7 Å². The summed E-state index contributed by atoms with van der Waals surface area (Å²) in [4.78, 5) is 13.5. The van der Waals surface area contributed by atoms with E-state index in [1.54, 1.807) is 36.4 Å². The first-order valence-electron chi connectivity index (χ1n) is 11.6. The third kappa shape index (κ3) is 3.78. The summed E-state index contributed by atoms with van der Waals surface area (Å²) in [6.45, 7) is 0.130. The smallest absolute Gasteiger partial charge is 0.342 e. The molecule has 2 aliphatic rings. The summed E-state index contributed by atoms with van der Waals surface area (Å²) < 4.78 is 41.7. The van der Waals surface area contributed by atoms with Crippen LogP contribution in [0.5, 0.6) is 28.7 Å². The summed E-state index contributed by atoms with van der Waals surface area (Å²) in [7, 11) is 4.42. The number of esters is 1. The lowest BCUT2D eigenvalue weighted by Gasteiger charge is -2.27. The molecule has 2 aliphatic heterocycles. The Morgan fingerprint density at radius 2 is 1.66 bits per heavy atom. The van der Waals surface area contributed by atoms with Crippen molar-refractivity contribution in [2.45, 2.75) is 12.2 Å². The topological polar surface area (TPSA) is 118 Å². The predicted molar refractivity (Wildman–Crippen MR) is 137 cm³/mol. The molecule has 0 spiro atoms. The lowest BCUT2D eigenvalue weighted by molar-refractivity contribution is -0.185. The molecule has 0 amide bonds. The van der Waals surface area contributed by atoms with Crippen LogP contribution in [0, 0.1) is 0 Å². The number of cyclic esters (lactones) is 1. The molecule has 4 aromatic rings. The lowest BCUT2D eigenvalue weighted by Crippen LogP contribution is -2.30. The quantitative estimate of drug-likeness (QED) is 0.350. The standard InChI is InChI=1S/C27H22N2O8S/c1-32-22-11-16(12-23(33-2)25(22)34-3)27(31)17(8-14-4-7-20-21(9-14)36-13-35-20)24(26(30)37-27)15-5-6-18-19(10-15)29-38-28-18/h4-7,9-12,31H,8,13H2,1-3H3. The second kappa shape index (κ2) is 9.19. The van der Waals surface area contributed by atoms with E-state index in [0.29, 0.717) is 50.9 Å². The summed E-state index contributed by atoms with van der Waals surface area (Å²) in [6, 6.07) is 13.9. The maximum Gasteiger partial charge on any atom is 0.342 e. The van der Waals surface area contributed by atoms with Gasteiger partial charge in [0.2, 0.25) is 12.5 Å². The van der Waals surface area contributed by atoms with Crippen LogP contribution in [-0.2, 0) is 21.7 Å². The zero-order chi connectivity index (χ0) is 26.4. The highest BCUT2D eigenvalue weighted by atomic mass is 32.1. The number of carbonyl (C=O) groups excluding carboxylic acids is 1. The van der Waals surface area contributed by atoms with Crippen molar-refractivity contribution in [3.8, 4) is 28.7 Å². The van der Waals surface area contributed by atoms with Crippen molar-refractivity contribution in [1.29, 1.82) is 0 Å². The number of rotatable bonds is 7. The molecule has 0 radical (unpaired) electrons. The van der Waals surface area contributed by atoms with E-state index >= 15 is 0 Å². The number of aromatic nitrogens is 2. The highest BCUT2D eigenvalue weighted by Crippen LogP contribution is 2.49. The zero-order valence-corrected chi connectivity index (χ0v) is 21.5. The van der Waals surface area contributed by atoms with Gasteiger partial charge in [-0.3, -0.25) is 0 Å². The van der Waals surface area contributed by atoms with Gasteiger partial charge in [-0.25, -0.2) is 4.79 Å². The van der Waals surface area contributed by atoms with E-state index in [2.05, 4.69) is 8.75 Å². The van der Waals surface area contributed by atoms with Crippen LogP contribution in [0.15, 0.2) is 54.1 Å². The van der Waals surface area contributed by atoms with Gasteiger partial charge in [0, 0.05) is 17.6 Å². The molecule has 0 saturated carbocycles. The van der Waals surface area contributed by atoms with Crippen LogP contribution in [0.3, 0.4) is 0 Å². The average Bonchev–Trinajstić information content (AvgIpc) is 3.65. The van der Waals surface area contributed by atoms with Crippen LogP contribution in [0.4, 0.5) is 0 Å². The molecule has 6 rings (SSSR count). The second-order valence-corrected chi connectivity index (χ2v) is 9.16. The Labute approximate surface area is 221 Å². The number of benzene rings is 3. The molecule has 1 N–H and O–H groups in total. The van der Waals surface area contributed by atoms with Crippen molar-refractivity contribution in [2.75, 3.05) is 28.1 Å². The number of ether oxygens (including phenoxy) is 6. The number of methoxy groups -OCH3 is 3. The fraction of sp³-hybridized carbons (Fsp3) is 0.222. The molecule has 194 valence electrons. The average molecular weight is 535 g/mol. The minimum atomic E-state index is -2.13. The SMILES string of the molecule is COc1cc(C2(O)OC(=O)C(c3ccc4nsnc4c3)=C2Cc2ccc3c(c2)OCO3)cc(OC)c1OC. The van der Waals surface area contributed by atoms with Crippen molar-refractivity contribution < 1.29 is 38.3 Å². The van der Waals surface area contributed by atoms with E-state index in [9.17, 15) is 9.90 Å². The van der Waals surface area contributed by atoms with Crippen molar-refractivity contribution in [3.05, 3.63) is 70.8 Å². The maximum absolute atomic E-state index is 13.5. The van der Waals surface area contributed by atoms with Gasteiger partial charge in [0.05, 0.1) is 38.6 Å². The van der Waals surface area contributed by atoms with E-state index in [1.165, 1.54) is 21.3 Å². The number of carbonyl (C=O) groups is 1. The predicted octanol–water partition coefficient (Wildman–Crippen LogP) is 3.84. The summed E-state index contributed by atoms with van der Waals surface area (Å²) in [5.74, 6) is -0.655. The molecule has 0 aliphatic carbocycles. The molecular weight excluding hydrogens is 512 g/mol. The van der Waals surface area contributed by atoms with Gasteiger partial charge in [0.1, 0.15) is 11.0 Å². The number of hydrogen-bond donors (Lipinski definition) is 1. The zero-order valence-electron chi connectivity index (χ0n) is 20.6. The molecule has 0 fully saturated rings. The van der Waals surface area contributed by atoms with Crippen molar-refractivity contribution in [3.63, 3.8) is 0 Å². The fourth-order valence-corrected chi connectivity index (χ4v) is 5.26. The molecule has 1 aromatic heterocycles. The number of hydrogen-bond acceptors (Lipinski definition) is 11. The van der Waals surface area contributed by atoms with Gasteiger partial charge >= 0.3 is 5.97 Å². The molecule has 3 heterocycles. The van der Waals surface area contributed by atoms with Crippen LogP contribution in [-0.4, -0.2) is 47.9 Å². The van der Waals surface area contributed by atoms with Gasteiger partial charge in [-0.2, -0.15) is 8.75 Å². The molecular formula is C27H22N2O8S. The Kier molecular flexibility index (Phi) is 5.81. The first-order chi connectivity index (χ1) is 18.4. The molecule has 0 saturated heterocycles. The van der Waals surface area contributed by atoms with Crippen LogP contribution in [0.2, 0.25) is 0 Å². The van der Waals surface area contributed by atoms with Gasteiger partial charge in [0.15, 0.2) is 23.0 Å². The highest BCUT2D eigenvalue weighted by molar-refractivity contribution is 7.00. The summed E-state index contributed by atoms with van der Waals surface area (Å²) in [5.41, 5.74) is 3.48. The minimum Gasteiger partial charge on any atom is -0.493 e. The number of aliphatic hydroxyl groups is 1. The molecule has 1 atom stereocenters. The van der Waals surface area contributed by atoms with Crippen molar-refractivity contribution in [1.82, 2.24) is 8.75 Å². The van der Waals surface area contributed by atoms with E-state index in [4.69, 9.17) is 28.4 Å². The van der Waals surface area contributed by atoms with Gasteiger partial charge in [-0.15, -0.1) is 0 Å². The number of nitrogens with zero attached hydrogens (tertiary/aromatic N) is 2. The van der Waals surface area contributed by atoms with E-state index in [1.807, 2.05) is 12.1 Å². The van der Waals surface area contributed by atoms with E-state index < -0.39 is 11.8 Å². The van der Waals surface area contributed by atoms with Crippen LogP contribution in [0.25, 0.3) is 16.6 Å². The molecule has 3 aromatic carbocycles. The highest BCUT2D eigenvalue weighted by Gasteiger charge is 2.49.